The van der Waals surface area contributed by atoms with E-state index in [0.717, 1.165) is 34.6 Å². The van der Waals surface area contributed by atoms with Gasteiger partial charge in [-0.25, -0.2) is 4.79 Å². The molecule has 121 heavy (non-hydrogen) atoms. The maximum atomic E-state index is 13.3. The summed E-state index contributed by atoms with van der Waals surface area (Å²) in [6.45, 7) is -7.37. The molecule has 0 bridgehead atoms. The first-order chi connectivity index (χ1) is 57.0. The number of rotatable bonds is 37. The van der Waals surface area contributed by atoms with E-state index in [2.05, 4.69) is 26.6 Å². The highest BCUT2D eigenvalue weighted by Crippen LogP contribution is 2.41. The lowest BCUT2D eigenvalue weighted by Gasteiger charge is -2.52. The fourth-order valence-electron chi connectivity index (χ4n) is 15.1. The standard InChI is InChI=1S/C67H113N5O49/c1-17(81)68-22(7-73)37(89)52(25(88)9-75)115-60-35(71-20(4)84)44(96)54(30(14-80)111-60)117-64-51(103)57(55(118-59-34(70-19(3)83)43(95)39(91)26(10-76)108-59)32(114-64)15-106-62-49(101)46(98)40(92)27(11-77)109-62)119-65-58(48(100)41(93)28(12-78)110-65)120-61-36(72-21(5)85)45(97)53(29(13-79)112-61)116-63-50(102)47(99)42(94)31(113-63)16-107-67(66(104)105)6-23(86)33(69-18(2)82)56(121-67)38(90)24(87)8-74/h22-65,73-80,86-103H,6-16H2,1-5H3,(H,68,81)(H,69,82)(H,70,83)(H,71,84)(H,72,85)(H,104,105)/t22-,23-,24+,25+,26+,27+,28+,29+,30+,31+,32+,33+,34+,35+,36+,37+,38+,39+,40+,41+,42-,43+,44+,45+,46-,47-,48-,49-,50+,51-,52+,53+,54+,55+,56+,57+,58-,59-,60-,61-,62-,63-,64-,65+,67+/m0/s1. The number of carboxylic acid groups (broad SMARTS) is 1. The van der Waals surface area contributed by atoms with E-state index < -0.39 is 383 Å². The molecule has 0 unspecified atom stereocenters. The molecule has 54 nitrogen and oxygen atoms in total. The van der Waals surface area contributed by atoms with E-state index in [1.807, 2.05) is 0 Å². The zero-order valence-electron chi connectivity index (χ0n) is 65.2. The Balaban J connectivity index is 1.18. The third-order valence-electron chi connectivity index (χ3n) is 21.4. The van der Waals surface area contributed by atoms with Gasteiger partial charge in [0.05, 0.1) is 84.3 Å². The van der Waals surface area contributed by atoms with Crippen LogP contribution >= 0.6 is 0 Å². The topological polar surface area (TPSA) is 856 Å². The van der Waals surface area contributed by atoms with Gasteiger partial charge in [0.1, 0.15) is 207 Å². The van der Waals surface area contributed by atoms with Crippen LogP contribution in [0.3, 0.4) is 0 Å². The summed E-state index contributed by atoms with van der Waals surface area (Å²) in [5, 5.41) is 312. The van der Waals surface area contributed by atoms with Crippen molar-refractivity contribution in [1.82, 2.24) is 26.6 Å². The minimum Gasteiger partial charge on any atom is -0.477 e. The minimum atomic E-state index is -3.11. The molecule has 0 radical (unpaired) electrons. The smallest absolute Gasteiger partial charge is 0.364 e. The van der Waals surface area contributed by atoms with Gasteiger partial charge in [0.25, 0.3) is 5.79 Å². The molecule has 0 aromatic heterocycles. The maximum absolute atomic E-state index is 13.3. The van der Waals surface area contributed by atoms with Crippen molar-refractivity contribution >= 4 is 35.5 Å². The Kier molecular flexibility index (Phi) is 37.5. The van der Waals surface area contributed by atoms with Crippen molar-refractivity contribution in [3.8, 4) is 0 Å². The molecular weight excluding hydrogens is 1660 g/mol. The monoisotopic (exact) mass is 1770 g/mol. The Morgan fingerprint density at radius 2 is 0.769 bits per heavy atom. The zero-order chi connectivity index (χ0) is 90.0. The second kappa shape index (κ2) is 44.7. The summed E-state index contributed by atoms with van der Waals surface area (Å²) in [6, 6.07) is -9.52. The molecule has 8 rings (SSSR count). The van der Waals surface area contributed by atoms with E-state index >= 15 is 0 Å². The molecule has 700 valence electrons. The molecule has 0 aromatic rings. The van der Waals surface area contributed by atoms with Crippen molar-refractivity contribution in [2.24, 2.45) is 0 Å². The third-order valence-corrected chi connectivity index (χ3v) is 21.4. The van der Waals surface area contributed by atoms with Crippen molar-refractivity contribution in [2.45, 2.75) is 316 Å². The molecule has 54 heteroatoms. The van der Waals surface area contributed by atoms with E-state index in [9.17, 15) is 167 Å². The number of nitrogens with one attached hydrogen (secondary N) is 5. The van der Waals surface area contributed by atoms with Gasteiger partial charge in [-0.1, -0.05) is 0 Å². The van der Waals surface area contributed by atoms with Crippen molar-refractivity contribution in [2.75, 3.05) is 66.1 Å². The molecule has 45 atom stereocenters. The number of hydrogen-bond acceptors (Lipinski definition) is 48. The van der Waals surface area contributed by atoms with Crippen LogP contribution in [-0.4, -0.2) is 515 Å². The van der Waals surface area contributed by atoms with Gasteiger partial charge < -0.3 is 240 Å². The van der Waals surface area contributed by atoms with Gasteiger partial charge in [0, 0.05) is 41.0 Å². The number of carbonyl (C=O) groups is 6. The summed E-state index contributed by atoms with van der Waals surface area (Å²) in [6.07, 6.45) is -88.6. The summed E-state index contributed by atoms with van der Waals surface area (Å²) in [5.41, 5.74) is 0. The number of amides is 5. The number of aliphatic carboxylic acids is 1. The van der Waals surface area contributed by atoms with Crippen molar-refractivity contribution < 1.29 is 242 Å². The molecule has 32 N–H and O–H groups in total. The van der Waals surface area contributed by atoms with Crippen LogP contribution in [0, 0.1) is 0 Å². The zero-order valence-corrected chi connectivity index (χ0v) is 65.2. The second-order valence-electron chi connectivity index (χ2n) is 30.1. The summed E-state index contributed by atoms with van der Waals surface area (Å²) in [5.74, 6) is -9.91. The lowest BCUT2D eigenvalue weighted by atomic mass is 9.88. The molecule has 0 spiro atoms. The fourth-order valence-corrected chi connectivity index (χ4v) is 15.1. The van der Waals surface area contributed by atoms with Gasteiger partial charge in [-0.15, -0.1) is 0 Å². The molecule has 0 aliphatic carbocycles. The normalized spacial score (nSPS) is 43.9. The summed E-state index contributed by atoms with van der Waals surface area (Å²) in [4.78, 5) is 76.6. The van der Waals surface area contributed by atoms with Crippen molar-refractivity contribution in [1.29, 1.82) is 0 Å². The first-order valence-corrected chi connectivity index (χ1v) is 38.2. The lowest BCUT2D eigenvalue weighted by Crippen LogP contribution is -2.71. The average Bonchev–Trinajstić information content (AvgIpc) is 0.763. The maximum Gasteiger partial charge on any atom is 0.364 e. The van der Waals surface area contributed by atoms with E-state index in [-0.39, 0.29) is 0 Å². The van der Waals surface area contributed by atoms with Crippen LogP contribution in [0.25, 0.3) is 0 Å². The van der Waals surface area contributed by atoms with Crippen LogP contribution in [0.15, 0.2) is 0 Å². The Labute approximate surface area is 685 Å². The number of ether oxygens (including phenoxy) is 16. The highest BCUT2D eigenvalue weighted by Gasteiger charge is 2.62. The summed E-state index contributed by atoms with van der Waals surface area (Å²) < 4.78 is 96.2. The van der Waals surface area contributed by atoms with Crippen LogP contribution in [0.4, 0.5) is 0 Å². The lowest BCUT2D eigenvalue weighted by molar-refractivity contribution is -0.407. The predicted octanol–water partition coefficient (Wildman–Crippen LogP) is -21.1. The van der Waals surface area contributed by atoms with Gasteiger partial charge >= 0.3 is 5.97 Å². The summed E-state index contributed by atoms with van der Waals surface area (Å²) in [7, 11) is 0. The third kappa shape index (κ3) is 23.6. The van der Waals surface area contributed by atoms with E-state index in [1.54, 1.807) is 0 Å². The number of aliphatic hydroxyl groups excluding tert-OH is 26. The highest BCUT2D eigenvalue weighted by atomic mass is 16.8. The Bertz CT molecular complexity index is 3280. The minimum absolute atomic E-state index is 0.831. The average molecular weight is 1770 g/mol. The summed E-state index contributed by atoms with van der Waals surface area (Å²) >= 11 is 0. The fraction of sp³-hybridized carbons (Fsp3) is 0.910. The van der Waals surface area contributed by atoms with Crippen LogP contribution < -0.4 is 26.6 Å². The van der Waals surface area contributed by atoms with Crippen LogP contribution in [-0.2, 0) is 105 Å². The molecular formula is C67H113N5O49. The van der Waals surface area contributed by atoms with Crippen LogP contribution in [0.5, 0.6) is 0 Å². The van der Waals surface area contributed by atoms with Gasteiger partial charge in [-0.3, -0.25) is 24.0 Å². The van der Waals surface area contributed by atoms with Crippen LogP contribution in [0.2, 0.25) is 0 Å². The van der Waals surface area contributed by atoms with E-state index in [0.29, 0.717) is 0 Å². The molecule has 5 amide bonds. The SMILES string of the molecule is CC(=O)N[C@H]1[C@H](O[C@@H]([C@H](O)[C@H](CO)NC(C)=O)[C@H](O)CO)O[C@H](CO)[C@@H](O[C@@H]2O[C@H](CO[C@H]3O[C@H](CO)[C@@H](O)[C@H](O)[C@@H]3O)[C@@H](O[C@@H]3O[C@H](CO)[C@@H](O)[C@H](O)[C@H]3NC(C)=O)[C@H](O[C@H]3O[C@H](CO)[C@@H](O)[C@H](O)[C@@H]3O[C@@H]3O[C@H](CO)[C@@H](O[C@@H]4O[C@H](CO[C@]5(C(=O)O)C[C@H](O)[C@@H](NC(C)=O)[C@H]([C@H](O)[C@H](O)CO)O5)[C@H](O)[C@H](O)[C@H]4O)[C@H](O)[C@H]3NC(C)=O)[C@@H]2O)[C@@H]1O. The first kappa shape index (κ1) is 102. The molecule has 8 fully saturated rings. The Morgan fingerprint density at radius 3 is 1.26 bits per heavy atom. The largest absolute Gasteiger partial charge is 0.477 e. The molecule has 8 aliphatic rings. The van der Waals surface area contributed by atoms with Gasteiger partial charge in [0.15, 0.2) is 44.0 Å². The Hall–Kier alpha value is -4.86. The molecule has 8 saturated heterocycles. The number of hydrogen-bond donors (Lipinski definition) is 32. The number of carbonyl (C=O) groups excluding carboxylic acids is 5. The highest BCUT2D eigenvalue weighted by molar-refractivity contribution is 5.77. The van der Waals surface area contributed by atoms with Gasteiger partial charge in [-0.05, 0) is 0 Å². The number of aliphatic hydroxyl groups is 26. The van der Waals surface area contributed by atoms with Gasteiger partial charge in [-0.2, -0.15) is 0 Å². The number of carboxylic acids is 1. The molecule has 0 aromatic carbocycles. The molecule has 8 heterocycles. The first-order valence-electron chi connectivity index (χ1n) is 38.2. The second-order valence-corrected chi connectivity index (χ2v) is 30.1. The molecule has 0 saturated carbocycles. The van der Waals surface area contributed by atoms with Gasteiger partial charge in [0.2, 0.25) is 29.5 Å². The van der Waals surface area contributed by atoms with E-state index in [4.69, 9.17) is 75.8 Å². The van der Waals surface area contributed by atoms with E-state index in [1.165, 1.54) is 0 Å². The Morgan fingerprint density at radius 1 is 0.372 bits per heavy atom. The van der Waals surface area contributed by atoms with Crippen molar-refractivity contribution in [3.63, 3.8) is 0 Å². The quantitative estimate of drug-likeness (QED) is 0.0275. The predicted molar refractivity (Wildman–Crippen MR) is 374 cm³/mol. The van der Waals surface area contributed by atoms with Crippen molar-refractivity contribution in [3.05, 3.63) is 0 Å². The van der Waals surface area contributed by atoms with Crippen LogP contribution in [0.1, 0.15) is 41.0 Å². The molecule has 8 aliphatic heterocycles.